The van der Waals surface area contributed by atoms with Crippen LogP contribution < -0.4 is 4.90 Å². The lowest BCUT2D eigenvalue weighted by Gasteiger charge is -2.32. The molecule has 1 atom stereocenters. The second kappa shape index (κ2) is 6.62. The third kappa shape index (κ3) is 3.13. The van der Waals surface area contributed by atoms with Gasteiger partial charge >= 0.3 is 0 Å². The summed E-state index contributed by atoms with van der Waals surface area (Å²) in [6.07, 6.45) is 1.57. The van der Waals surface area contributed by atoms with Gasteiger partial charge < -0.3 is 9.64 Å². The molecular weight excluding hydrogens is 327 g/mol. The van der Waals surface area contributed by atoms with E-state index >= 15 is 0 Å². The van der Waals surface area contributed by atoms with Crippen LogP contribution in [0.1, 0.15) is 11.7 Å². The number of nitrogens with zero attached hydrogens (tertiary/aromatic N) is 4. The molecule has 0 spiro atoms. The lowest BCUT2D eigenvalue weighted by atomic mass is 10.1. The molecule has 3 aromatic rings. The fourth-order valence-electron chi connectivity index (χ4n) is 2.67. The van der Waals surface area contributed by atoms with Crippen molar-refractivity contribution in [1.29, 1.82) is 0 Å². The summed E-state index contributed by atoms with van der Waals surface area (Å²) in [6.45, 7) is 1.93. The van der Waals surface area contributed by atoms with Gasteiger partial charge in [0.25, 0.3) is 0 Å². The molecule has 0 aliphatic carbocycles. The van der Waals surface area contributed by atoms with Gasteiger partial charge in [-0.1, -0.05) is 29.5 Å². The van der Waals surface area contributed by atoms with Crippen LogP contribution in [0.2, 0.25) is 0 Å². The molecule has 0 amide bonds. The number of benzene rings is 1. The zero-order valence-electron chi connectivity index (χ0n) is 12.8. The van der Waals surface area contributed by atoms with Crippen LogP contribution in [0.4, 0.5) is 9.52 Å². The first kappa shape index (κ1) is 15.2. The van der Waals surface area contributed by atoms with Crippen molar-refractivity contribution in [2.24, 2.45) is 0 Å². The maximum atomic E-state index is 13.4. The summed E-state index contributed by atoms with van der Waals surface area (Å²) in [4.78, 5) is 6.43. The number of hydrogen-bond acceptors (Lipinski definition) is 6. The van der Waals surface area contributed by atoms with E-state index in [9.17, 15) is 4.39 Å². The molecule has 24 heavy (non-hydrogen) atoms. The Hall–Kier alpha value is -2.38. The highest BCUT2D eigenvalue weighted by Gasteiger charge is 2.25. The number of morpholine rings is 1. The van der Waals surface area contributed by atoms with Gasteiger partial charge in [0.2, 0.25) is 5.13 Å². The predicted molar refractivity (Wildman–Crippen MR) is 90.4 cm³/mol. The Morgan fingerprint density at radius 1 is 1.17 bits per heavy atom. The van der Waals surface area contributed by atoms with Gasteiger partial charge in [-0.05, 0) is 29.8 Å². The maximum Gasteiger partial charge on any atom is 0.208 e. The van der Waals surface area contributed by atoms with Gasteiger partial charge in [0.05, 0.1) is 13.2 Å². The predicted octanol–water partition coefficient (Wildman–Crippen LogP) is 3.32. The van der Waals surface area contributed by atoms with Crippen LogP contribution in [0.15, 0.2) is 48.7 Å². The summed E-state index contributed by atoms with van der Waals surface area (Å²) in [5, 5.41) is 10.1. The fraction of sp³-hybridized carbons (Fsp3) is 0.235. The molecule has 3 heterocycles. The van der Waals surface area contributed by atoms with Crippen molar-refractivity contribution in [3.8, 4) is 10.7 Å². The van der Waals surface area contributed by atoms with E-state index in [2.05, 4.69) is 20.1 Å². The van der Waals surface area contributed by atoms with Gasteiger partial charge in [-0.2, -0.15) is 0 Å². The van der Waals surface area contributed by atoms with Crippen LogP contribution in [0.5, 0.6) is 0 Å². The summed E-state index contributed by atoms with van der Waals surface area (Å²) in [6, 6.07) is 12.3. The average molecular weight is 342 g/mol. The van der Waals surface area contributed by atoms with Crippen LogP contribution in [0.25, 0.3) is 10.7 Å². The van der Waals surface area contributed by atoms with E-state index < -0.39 is 0 Å². The van der Waals surface area contributed by atoms with E-state index in [4.69, 9.17) is 4.74 Å². The molecule has 1 aliphatic rings. The highest BCUT2D eigenvalue weighted by atomic mass is 32.1. The number of aromatic nitrogens is 3. The Morgan fingerprint density at radius 2 is 2.12 bits per heavy atom. The summed E-state index contributed by atoms with van der Waals surface area (Å²) < 4.78 is 19.2. The van der Waals surface area contributed by atoms with Crippen molar-refractivity contribution >= 4 is 16.5 Å². The Bertz CT molecular complexity index is 826. The smallest absolute Gasteiger partial charge is 0.208 e. The first-order chi connectivity index (χ1) is 11.8. The summed E-state index contributed by atoms with van der Waals surface area (Å²) >= 11 is 1.50. The standard InChI is InChI=1S/C17H15FN4OS/c18-13-5-3-4-12(10-13)15-11-22(8-9-23-15)17-21-20-16(24-17)14-6-1-2-7-19-14/h1-7,10,15H,8-9,11H2/t15-/m0/s1. The van der Waals surface area contributed by atoms with Crippen molar-refractivity contribution in [1.82, 2.24) is 15.2 Å². The number of hydrogen-bond donors (Lipinski definition) is 0. The monoisotopic (exact) mass is 342 g/mol. The number of ether oxygens (including phenoxy) is 1. The largest absolute Gasteiger partial charge is 0.370 e. The second-order valence-electron chi connectivity index (χ2n) is 5.47. The zero-order valence-corrected chi connectivity index (χ0v) is 13.6. The number of pyridine rings is 1. The first-order valence-electron chi connectivity index (χ1n) is 7.66. The molecule has 2 aromatic heterocycles. The third-order valence-electron chi connectivity index (χ3n) is 3.86. The van der Waals surface area contributed by atoms with Crippen LogP contribution in [-0.2, 0) is 4.74 Å². The molecule has 122 valence electrons. The van der Waals surface area contributed by atoms with E-state index in [1.807, 2.05) is 24.3 Å². The van der Waals surface area contributed by atoms with Crippen molar-refractivity contribution in [2.75, 3.05) is 24.6 Å². The van der Waals surface area contributed by atoms with Crippen molar-refractivity contribution < 1.29 is 9.13 Å². The van der Waals surface area contributed by atoms with Gasteiger partial charge in [0.1, 0.15) is 17.6 Å². The minimum atomic E-state index is -0.249. The maximum absolute atomic E-state index is 13.4. The Balaban J connectivity index is 1.53. The van der Waals surface area contributed by atoms with Gasteiger partial charge in [-0.25, -0.2) is 4.39 Å². The normalized spacial score (nSPS) is 17.9. The Kier molecular flexibility index (Phi) is 4.18. The van der Waals surface area contributed by atoms with Crippen LogP contribution >= 0.6 is 11.3 Å². The lowest BCUT2D eigenvalue weighted by Crippen LogP contribution is -2.38. The molecule has 1 saturated heterocycles. The molecule has 0 N–H and O–H groups in total. The van der Waals surface area contributed by atoms with Crippen molar-refractivity contribution in [3.05, 3.63) is 60.0 Å². The molecule has 0 saturated carbocycles. The van der Waals surface area contributed by atoms with Crippen LogP contribution in [0.3, 0.4) is 0 Å². The number of rotatable bonds is 3. The fourth-order valence-corrected chi connectivity index (χ4v) is 3.52. The number of halogens is 1. The van der Waals surface area contributed by atoms with Gasteiger partial charge in [0, 0.05) is 12.7 Å². The molecule has 4 rings (SSSR count). The molecule has 1 aromatic carbocycles. The van der Waals surface area contributed by atoms with Gasteiger partial charge in [0.15, 0.2) is 5.01 Å². The van der Waals surface area contributed by atoms with E-state index in [1.54, 1.807) is 12.3 Å². The third-order valence-corrected chi connectivity index (χ3v) is 4.86. The molecule has 1 aliphatic heterocycles. The summed E-state index contributed by atoms with van der Waals surface area (Å²) in [7, 11) is 0. The molecular formula is C17H15FN4OS. The van der Waals surface area contributed by atoms with E-state index in [1.165, 1.54) is 23.5 Å². The van der Waals surface area contributed by atoms with E-state index in [0.29, 0.717) is 13.2 Å². The zero-order chi connectivity index (χ0) is 16.4. The van der Waals surface area contributed by atoms with Gasteiger partial charge in [-0.15, -0.1) is 10.2 Å². The highest BCUT2D eigenvalue weighted by Crippen LogP contribution is 2.31. The van der Waals surface area contributed by atoms with Crippen LogP contribution in [-0.4, -0.2) is 34.9 Å². The lowest BCUT2D eigenvalue weighted by molar-refractivity contribution is 0.0395. The molecule has 0 bridgehead atoms. The SMILES string of the molecule is Fc1cccc([C@@H]2CN(c3nnc(-c4ccccn4)s3)CCO2)c1. The molecule has 0 radical (unpaired) electrons. The van der Waals surface area contributed by atoms with Crippen molar-refractivity contribution in [3.63, 3.8) is 0 Å². The minimum absolute atomic E-state index is 0.170. The highest BCUT2D eigenvalue weighted by molar-refractivity contribution is 7.18. The molecule has 1 fully saturated rings. The molecule has 5 nitrogen and oxygen atoms in total. The molecule has 0 unspecified atom stereocenters. The quantitative estimate of drug-likeness (QED) is 0.731. The van der Waals surface area contributed by atoms with Gasteiger partial charge in [-0.3, -0.25) is 4.98 Å². The van der Waals surface area contributed by atoms with Crippen LogP contribution in [0, 0.1) is 5.82 Å². The Morgan fingerprint density at radius 3 is 2.96 bits per heavy atom. The topological polar surface area (TPSA) is 51.1 Å². The minimum Gasteiger partial charge on any atom is -0.370 e. The van der Waals surface area contributed by atoms with E-state index in [0.717, 1.165) is 27.9 Å². The average Bonchev–Trinajstić information content (AvgIpc) is 3.13. The summed E-state index contributed by atoms with van der Waals surface area (Å²) in [5.41, 5.74) is 1.66. The van der Waals surface area contributed by atoms with Crippen molar-refractivity contribution in [2.45, 2.75) is 6.10 Å². The number of anilines is 1. The second-order valence-corrected chi connectivity index (χ2v) is 6.42. The summed E-state index contributed by atoms with van der Waals surface area (Å²) in [5.74, 6) is -0.249. The van der Waals surface area contributed by atoms with E-state index in [-0.39, 0.29) is 11.9 Å². The molecule has 7 heteroatoms. The first-order valence-corrected chi connectivity index (χ1v) is 8.48. The Labute approximate surface area is 142 Å².